The molecule has 0 atom stereocenters. The van der Waals surface area contributed by atoms with Crippen LogP contribution in [-0.2, 0) is 19.5 Å². The van der Waals surface area contributed by atoms with E-state index in [1.54, 1.807) is 5.82 Å². The molecule has 0 unspecified atom stereocenters. The summed E-state index contributed by atoms with van der Waals surface area (Å²) in [6.07, 6.45) is 57.8. The maximum absolute atomic E-state index is 2.64. The molecule has 0 radical (unpaired) electrons. The summed E-state index contributed by atoms with van der Waals surface area (Å²) in [7, 11) is 0. The highest BCUT2D eigenvalue weighted by Gasteiger charge is 2.16. The number of nitrogens with zero attached hydrogens (tertiary/aromatic N) is 2. The maximum Gasteiger partial charge on any atom is 0.256 e. The molecule has 278 valence electrons. The van der Waals surface area contributed by atoms with E-state index in [4.69, 9.17) is 0 Å². The number of aromatic nitrogens is 2. The van der Waals surface area contributed by atoms with E-state index in [-0.39, 0.29) is 0 Å². The Kier molecular flexibility index (Phi) is 34.3. The summed E-state index contributed by atoms with van der Waals surface area (Å²) in [6.45, 7) is 9.41. The lowest BCUT2D eigenvalue weighted by molar-refractivity contribution is -0.704. The van der Waals surface area contributed by atoms with Gasteiger partial charge < -0.3 is 0 Å². The summed E-state index contributed by atoms with van der Waals surface area (Å²) in [4.78, 5) is 0. The summed E-state index contributed by atoms with van der Waals surface area (Å²) in [5, 5.41) is 0. The largest absolute Gasteiger partial charge is 0.256 e. The van der Waals surface area contributed by atoms with Gasteiger partial charge in [0.05, 0.1) is 13.1 Å². The number of hydrogen-bond acceptors (Lipinski definition) is 0. The smallest absolute Gasteiger partial charge is 0.234 e. The van der Waals surface area contributed by atoms with Crippen LogP contribution < -0.4 is 4.57 Å². The van der Waals surface area contributed by atoms with Gasteiger partial charge in [0.15, 0.2) is 0 Å². The molecule has 0 fully saturated rings. The van der Waals surface area contributed by atoms with Crippen LogP contribution in [0.4, 0.5) is 0 Å². The summed E-state index contributed by atoms with van der Waals surface area (Å²) >= 11 is 0. The van der Waals surface area contributed by atoms with Crippen molar-refractivity contribution in [3.63, 3.8) is 0 Å². The van der Waals surface area contributed by atoms with E-state index in [1.807, 2.05) is 0 Å². The lowest BCUT2D eigenvalue weighted by Crippen LogP contribution is -2.37. The standard InChI is InChI=1S/C45H89N2/c1-4-7-10-13-16-18-20-22-24-26-28-30-33-36-39-42-47-44-43-46(41-38-35-32-15-12-9-6-3)45(47)40-37-34-31-29-27-25-23-21-19-17-14-11-8-5-2/h43-44H,4-42H2,1-3H3/q+1. The van der Waals surface area contributed by atoms with Gasteiger partial charge in [-0.2, -0.15) is 0 Å². The quantitative estimate of drug-likeness (QED) is 0.0492. The second-order valence-corrected chi connectivity index (χ2v) is 15.5. The molecule has 1 aromatic heterocycles. The van der Waals surface area contributed by atoms with Crippen LogP contribution in [0.25, 0.3) is 0 Å². The molecule has 0 saturated heterocycles. The van der Waals surface area contributed by atoms with Crippen LogP contribution in [0.1, 0.15) is 258 Å². The Morgan fingerprint density at radius 3 is 1.02 bits per heavy atom. The Labute approximate surface area is 298 Å². The van der Waals surface area contributed by atoms with Crippen molar-refractivity contribution in [1.29, 1.82) is 0 Å². The monoisotopic (exact) mass is 658 g/mol. The van der Waals surface area contributed by atoms with Crippen molar-refractivity contribution in [2.45, 2.75) is 271 Å². The van der Waals surface area contributed by atoms with Gasteiger partial charge in [-0.1, -0.05) is 220 Å². The minimum atomic E-state index is 1.23. The van der Waals surface area contributed by atoms with Crippen LogP contribution >= 0.6 is 0 Å². The lowest BCUT2D eigenvalue weighted by atomic mass is 10.0. The minimum Gasteiger partial charge on any atom is -0.234 e. The van der Waals surface area contributed by atoms with Crippen LogP contribution in [-0.4, -0.2) is 4.57 Å². The first-order valence-electron chi connectivity index (χ1n) is 22.4. The molecule has 1 rings (SSSR count). The van der Waals surface area contributed by atoms with Gasteiger partial charge in [-0.3, -0.25) is 0 Å². The van der Waals surface area contributed by atoms with Crippen molar-refractivity contribution in [2.24, 2.45) is 0 Å². The van der Waals surface area contributed by atoms with Crippen molar-refractivity contribution in [2.75, 3.05) is 0 Å². The Morgan fingerprint density at radius 2 is 0.660 bits per heavy atom. The summed E-state index contributed by atoms with van der Waals surface area (Å²) in [6, 6.07) is 0. The average molecular weight is 658 g/mol. The van der Waals surface area contributed by atoms with E-state index in [2.05, 4.69) is 42.3 Å². The van der Waals surface area contributed by atoms with Crippen LogP contribution in [0, 0.1) is 0 Å². The maximum atomic E-state index is 2.64. The average Bonchev–Trinajstić information content (AvgIpc) is 3.47. The molecule has 0 bridgehead atoms. The molecule has 0 saturated carbocycles. The molecule has 0 amide bonds. The van der Waals surface area contributed by atoms with Crippen LogP contribution in [0.15, 0.2) is 12.4 Å². The molecule has 0 spiro atoms. The fourth-order valence-corrected chi connectivity index (χ4v) is 7.56. The third-order valence-electron chi connectivity index (χ3n) is 10.8. The van der Waals surface area contributed by atoms with Crippen molar-refractivity contribution < 1.29 is 4.57 Å². The summed E-state index contributed by atoms with van der Waals surface area (Å²) in [5.41, 5.74) is 0. The molecule has 0 aromatic carbocycles. The SMILES string of the molecule is CCCCCCCCCCCCCCCCC[n+]1ccn(CCCCCCCCC)c1CCCCCCCCCCCCCCCC. The van der Waals surface area contributed by atoms with Gasteiger partial charge in [0.1, 0.15) is 12.4 Å². The molecule has 2 nitrogen and oxygen atoms in total. The van der Waals surface area contributed by atoms with Gasteiger partial charge in [0.25, 0.3) is 5.82 Å². The first-order chi connectivity index (χ1) is 23.3. The Bertz CT molecular complexity index is 722. The Balaban J connectivity index is 2.22. The van der Waals surface area contributed by atoms with Crippen LogP contribution in [0.2, 0.25) is 0 Å². The van der Waals surface area contributed by atoms with Gasteiger partial charge in [0.2, 0.25) is 0 Å². The fraction of sp³-hybridized carbons (Fsp3) is 0.933. The van der Waals surface area contributed by atoms with Crippen molar-refractivity contribution in [3.05, 3.63) is 18.2 Å². The molecule has 1 heterocycles. The molecular weight excluding hydrogens is 569 g/mol. The molecule has 2 heteroatoms. The van der Waals surface area contributed by atoms with E-state index in [0.29, 0.717) is 0 Å². The number of hydrogen-bond donors (Lipinski definition) is 0. The van der Waals surface area contributed by atoms with Crippen LogP contribution in [0.3, 0.4) is 0 Å². The van der Waals surface area contributed by atoms with Crippen molar-refractivity contribution in [3.8, 4) is 0 Å². The van der Waals surface area contributed by atoms with E-state index in [0.717, 1.165) is 0 Å². The molecule has 1 aromatic rings. The van der Waals surface area contributed by atoms with E-state index >= 15 is 0 Å². The number of unbranched alkanes of at least 4 members (excludes halogenated alkanes) is 33. The van der Waals surface area contributed by atoms with E-state index in [1.165, 1.54) is 251 Å². The lowest BCUT2D eigenvalue weighted by Gasteiger charge is -2.07. The van der Waals surface area contributed by atoms with E-state index < -0.39 is 0 Å². The van der Waals surface area contributed by atoms with Gasteiger partial charge in [-0.15, -0.1) is 0 Å². The number of aryl methyl sites for hydroxylation is 2. The van der Waals surface area contributed by atoms with Crippen LogP contribution in [0.5, 0.6) is 0 Å². The third kappa shape index (κ3) is 28.7. The predicted octanol–water partition coefficient (Wildman–Crippen LogP) is 15.4. The highest BCUT2D eigenvalue weighted by molar-refractivity contribution is 4.84. The summed E-state index contributed by atoms with van der Waals surface area (Å²) in [5.74, 6) is 1.63. The normalized spacial score (nSPS) is 11.6. The summed E-state index contributed by atoms with van der Waals surface area (Å²) < 4.78 is 5.28. The molecule has 47 heavy (non-hydrogen) atoms. The minimum absolute atomic E-state index is 1.23. The first-order valence-corrected chi connectivity index (χ1v) is 22.4. The molecule has 0 aliphatic heterocycles. The fourth-order valence-electron chi connectivity index (χ4n) is 7.56. The highest BCUT2D eigenvalue weighted by Crippen LogP contribution is 2.16. The number of imidazole rings is 1. The first kappa shape index (κ1) is 44.2. The Morgan fingerprint density at radius 1 is 0.362 bits per heavy atom. The van der Waals surface area contributed by atoms with Crippen molar-refractivity contribution in [1.82, 2.24) is 4.57 Å². The van der Waals surface area contributed by atoms with Gasteiger partial charge >= 0.3 is 0 Å². The van der Waals surface area contributed by atoms with Gasteiger partial charge in [-0.25, -0.2) is 9.13 Å². The molecular formula is C45H89N2+. The third-order valence-corrected chi connectivity index (χ3v) is 10.8. The molecule has 0 aliphatic carbocycles. The second kappa shape index (κ2) is 36.5. The topological polar surface area (TPSA) is 8.81 Å². The Hall–Kier alpha value is -0.790. The zero-order valence-corrected chi connectivity index (χ0v) is 33.1. The second-order valence-electron chi connectivity index (χ2n) is 15.5. The predicted molar refractivity (Wildman–Crippen MR) is 212 cm³/mol. The number of rotatable bonds is 39. The zero-order valence-electron chi connectivity index (χ0n) is 33.1. The van der Waals surface area contributed by atoms with Crippen molar-refractivity contribution >= 4 is 0 Å². The zero-order chi connectivity index (χ0) is 33.7. The van der Waals surface area contributed by atoms with E-state index in [9.17, 15) is 0 Å². The van der Waals surface area contributed by atoms with Gasteiger partial charge in [0, 0.05) is 6.42 Å². The highest BCUT2D eigenvalue weighted by atomic mass is 15.1. The molecule has 0 N–H and O–H groups in total. The molecule has 0 aliphatic rings. The van der Waals surface area contributed by atoms with Gasteiger partial charge in [-0.05, 0) is 32.1 Å².